The maximum Gasteiger partial charge on any atom is 0.307 e. The van der Waals surface area contributed by atoms with Crippen molar-refractivity contribution in [3.8, 4) is 11.1 Å². The molecule has 0 saturated carbocycles. The molecule has 0 unspecified atom stereocenters. The largest absolute Gasteiger partial charge is 0.481 e. The van der Waals surface area contributed by atoms with Crippen molar-refractivity contribution in [3.63, 3.8) is 0 Å². The fraction of sp³-hybridized carbons (Fsp3) is 0.400. The van der Waals surface area contributed by atoms with E-state index in [1.807, 2.05) is 50.2 Å². The lowest BCUT2D eigenvalue weighted by atomic mass is 9.86. The molecule has 214 valence electrons. The standard InChI is InChI=1S/C23H28N2O3.C12H18/c1-3-22(26)25(4-2)21(24)13-7-9-17-8-5-11-19(14-17)20-12-6-10-18(15-20)16-23(27)28;1-5-10-6-8-11(9-7-10)12(2,3)4/h5-6,8,10-12,14-15,24H,3-4,7,9,13,16H2,1-2H3,(H,27,28);6-9H,5H2,1-4H3. The lowest BCUT2D eigenvalue weighted by Gasteiger charge is -2.21. The molecule has 5 nitrogen and oxygen atoms in total. The summed E-state index contributed by atoms with van der Waals surface area (Å²) in [7, 11) is 0. The molecule has 0 bridgehead atoms. The molecule has 3 aromatic carbocycles. The van der Waals surface area contributed by atoms with Crippen molar-refractivity contribution in [2.45, 2.75) is 85.5 Å². The molecule has 0 aliphatic rings. The van der Waals surface area contributed by atoms with Crippen molar-refractivity contribution < 1.29 is 14.7 Å². The van der Waals surface area contributed by atoms with Crippen LogP contribution in [0, 0.1) is 5.41 Å². The van der Waals surface area contributed by atoms with E-state index in [4.69, 9.17) is 10.5 Å². The molecule has 0 radical (unpaired) electrons. The van der Waals surface area contributed by atoms with Crippen LogP contribution in [0.4, 0.5) is 0 Å². The van der Waals surface area contributed by atoms with Crippen molar-refractivity contribution in [2.75, 3.05) is 6.54 Å². The van der Waals surface area contributed by atoms with E-state index in [9.17, 15) is 9.59 Å². The lowest BCUT2D eigenvalue weighted by molar-refractivity contribution is -0.136. The van der Waals surface area contributed by atoms with Crippen molar-refractivity contribution >= 4 is 17.7 Å². The van der Waals surface area contributed by atoms with Crippen LogP contribution in [0.2, 0.25) is 0 Å². The summed E-state index contributed by atoms with van der Waals surface area (Å²) < 4.78 is 0. The van der Waals surface area contributed by atoms with E-state index in [-0.39, 0.29) is 17.7 Å². The fourth-order valence-corrected chi connectivity index (χ4v) is 4.49. The monoisotopic (exact) mass is 542 g/mol. The van der Waals surface area contributed by atoms with E-state index < -0.39 is 5.97 Å². The molecule has 0 aliphatic heterocycles. The van der Waals surface area contributed by atoms with Crippen molar-refractivity contribution in [3.05, 3.63) is 95.1 Å². The Bertz CT molecular complexity index is 1260. The van der Waals surface area contributed by atoms with E-state index in [1.54, 1.807) is 4.90 Å². The molecule has 2 N–H and O–H groups in total. The number of hydrogen-bond acceptors (Lipinski definition) is 3. The van der Waals surface area contributed by atoms with Crippen LogP contribution in [0.15, 0.2) is 72.8 Å². The SMILES string of the molecule is CCC(=O)N(CC)C(=N)CCCc1cccc(-c2cccc(CC(=O)O)c2)c1.CCc1ccc(C(C)(C)C)cc1. The van der Waals surface area contributed by atoms with Crippen molar-refractivity contribution in [1.82, 2.24) is 4.90 Å². The van der Waals surface area contributed by atoms with Gasteiger partial charge in [0, 0.05) is 19.4 Å². The second-order valence-electron chi connectivity index (χ2n) is 11.1. The van der Waals surface area contributed by atoms with E-state index >= 15 is 0 Å². The fourth-order valence-electron chi connectivity index (χ4n) is 4.49. The Labute approximate surface area is 240 Å². The summed E-state index contributed by atoms with van der Waals surface area (Å²) in [6.45, 7) is 13.2. The van der Waals surface area contributed by atoms with Gasteiger partial charge in [-0.25, -0.2) is 0 Å². The first kappa shape index (κ1) is 32.5. The Hall–Kier alpha value is -3.73. The lowest BCUT2D eigenvalue weighted by Crippen LogP contribution is -2.35. The van der Waals surface area contributed by atoms with Crippen LogP contribution in [-0.2, 0) is 34.3 Å². The summed E-state index contributed by atoms with van der Waals surface area (Å²) in [6, 6.07) is 24.7. The van der Waals surface area contributed by atoms with Gasteiger partial charge in [-0.15, -0.1) is 0 Å². The minimum Gasteiger partial charge on any atom is -0.481 e. The van der Waals surface area contributed by atoms with Crippen LogP contribution in [0.25, 0.3) is 11.1 Å². The number of carboxylic acid groups (broad SMARTS) is 1. The molecule has 0 aromatic heterocycles. The number of carbonyl (C=O) groups is 2. The van der Waals surface area contributed by atoms with Crippen LogP contribution >= 0.6 is 0 Å². The molecular formula is C35H46N2O3. The highest BCUT2D eigenvalue weighted by Crippen LogP contribution is 2.23. The molecular weight excluding hydrogens is 496 g/mol. The number of amides is 1. The maximum absolute atomic E-state index is 11.9. The van der Waals surface area contributed by atoms with Crippen LogP contribution in [0.1, 0.15) is 83.1 Å². The van der Waals surface area contributed by atoms with Crippen LogP contribution in [0.5, 0.6) is 0 Å². The Morgan fingerprint density at radius 3 is 1.90 bits per heavy atom. The first-order valence-electron chi connectivity index (χ1n) is 14.4. The molecule has 0 spiro atoms. The van der Waals surface area contributed by atoms with Gasteiger partial charge in [0.2, 0.25) is 5.91 Å². The average Bonchev–Trinajstić information content (AvgIpc) is 2.93. The topological polar surface area (TPSA) is 81.5 Å². The van der Waals surface area contributed by atoms with E-state index in [0.29, 0.717) is 25.2 Å². The Kier molecular flexibility index (Phi) is 12.8. The van der Waals surface area contributed by atoms with Gasteiger partial charge in [-0.3, -0.25) is 15.0 Å². The van der Waals surface area contributed by atoms with Gasteiger partial charge in [0.25, 0.3) is 0 Å². The smallest absolute Gasteiger partial charge is 0.307 e. The number of aryl methyl sites for hydroxylation is 2. The summed E-state index contributed by atoms with van der Waals surface area (Å²) in [5.41, 5.74) is 7.12. The quantitative estimate of drug-likeness (QED) is 0.201. The van der Waals surface area contributed by atoms with Gasteiger partial charge in [0.15, 0.2) is 0 Å². The molecule has 40 heavy (non-hydrogen) atoms. The van der Waals surface area contributed by atoms with Gasteiger partial charge in [-0.05, 0) is 65.0 Å². The number of nitrogens with one attached hydrogen (secondary N) is 1. The molecule has 0 atom stereocenters. The number of rotatable bonds is 10. The predicted molar refractivity (Wildman–Crippen MR) is 166 cm³/mol. The molecule has 3 rings (SSSR count). The van der Waals surface area contributed by atoms with Gasteiger partial charge in [-0.2, -0.15) is 0 Å². The molecule has 5 heteroatoms. The maximum atomic E-state index is 11.9. The van der Waals surface area contributed by atoms with Gasteiger partial charge >= 0.3 is 5.97 Å². The van der Waals surface area contributed by atoms with E-state index in [0.717, 1.165) is 36.0 Å². The second-order valence-corrected chi connectivity index (χ2v) is 11.1. The first-order valence-corrected chi connectivity index (χ1v) is 14.4. The highest BCUT2D eigenvalue weighted by Gasteiger charge is 2.14. The van der Waals surface area contributed by atoms with Crippen LogP contribution < -0.4 is 0 Å². The summed E-state index contributed by atoms with van der Waals surface area (Å²) in [6.07, 6.45) is 3.75. The molecule has 0 aliphatic carbocycles. The molecule has 0 fully saturated rings. The average molecular weight is 543 g/mol. The highest BCUT2D eigenvalue weighted by molar-refractivity contribution is 5.96. The van der Waals surface area contributed by atoms with Gasteiger partial charge in [0.1, 0.15) is 5.84 Å². The number of carboxylic acids is 1. The third kappa shape index (κ3) is 10.4. The normalized spacial score (nSPS) is 10.8. The number of carbonyl (C=O) groups excluding carboxylic acids is 1. The molecule has 1 amide bonds. The summed E-state index contributed by atoms with van der Waals surface area (Å²) in [5.74, 6) is -0.460. The van der Waals surface area contributed by atoms with Crippen LogP contribution in [0.3, 0.4) is 0 Å². The zero-order chi connectivity index (χ0) is 29.7. The zero-order valence-corrected chi connectivity index (χ0v) is 25.1. The number of hydrogen-bond donors (Lipinski definition) is 2. The van der Waals surface area contributed by atoms with E-state index in [1.165, 1.54) is 16.7 Å². The molecule has 0 saturated heterocycles. The number of amidine groups is 1. The number of benzene rings is 3. The highest BCUT2D eigenvalue weighted by atomic mass is 16.4. The Morgan fingerprint density at radius 2 is 1.40 bits per heavy atom. The van der Waals surface area contributed by atoms with E-state index in [2.05, 4.69) is 64.1 Å². The minimum absolute atomic E-state index is 0.00394. The number of nitrogens with zero attached hydrogens (tertiary/aromatic N) is 1. The number of aliphatic carboxylic acids is 1. The second kappa shape index (κ2) is 15.8. The summed E-state index contributed by atoms with van der Waals surface area (Å²) in [5, 5.41) is 17.1. The zero-order valence-electron chi connectivity index (χ0n) is 25.1. The van der Waals surface area contributed by atoms with Crippen LogP contribution in [-0.4, -0.2) is 34.3 Å². The predicted octanol–water partition coefficient (Wildman–Crippen LogP) is 8.09. The summed E-state index contributed by atoms with van der Waals surface area (Å²) in [4.78, 5) is 24.3. The van der Waals surface area contributed by atoms with Gasteiger partial charge < -0.3 is 10.0 Å². The first-order chi connectivity index (χ1) is 19.0. The van der Waals surface area contributed by atoms with Crippen molar-refractivity contribution in [2.24, 2.45) is 0 Å². The molecule has 0 heterocycles. The third-order valence-corrected chi connectivity index (χ3v) is 6.90. The van der Waals surface area contributed by atoms with Crippen molar-refractivity contribution in [1.29, 1.82) is 5.41 Å². The third-order valence-electron chi connectivity index (χ3n) is 6.90. The Morgan fingerprint density at radius 1 is 0.825 bits per heavy atom. The van der Waals surface area contributed by atoms with Gasteiger partial charge in [-0.1, -0.05) is 107 Å². The minimum atomic E-state index is -0.837. The Balaban J connectivity index is 0.000000389. The van der Waals surface area contributed by atoms with Gasteiger partial charge in [0.05, 0.1) is 6.42 Å². The molecule has 3 aromatic rings. The summed E-state index contributed by atoms with van der Waals surface area (Å²) >= 11 is 0.